The maximum absolute atomic E-state index is 12.1. The normalized spacial score (nSPS) is 13.9. The molecule has 1 heterocycles. The quantitative estimate of drug-likeness (QED) is 0.186. The SMILES string of the molecule is CCNC(=NCCCN1CCCC1=O)NCCNC(=O)c1cccc(Br)c1.I. The number of benzene rings is 1. The summed E-state index contributed by atoms with van der Waals surface area (Å²) in [7, 11) is 0. The van der Waals surface area contributed by atoms with Crippen LogP contribution in [0.2, 0.25) is 0 Å². The number of carbonyl (C=O) groups excluding carboxylic acids is 2. The minimum Gasteiger partial charge on any atom is -0.357 e. The summed E-state index contributed by atoms with van der Waals surface area (Å²) in [5, 5.41) is 9.28. The Balaban J connectivity index is 0.00000392. The van der Waals surface area contributed by atoms with Gasteiger partial charge in [-0.1, -0.05) is 22.0 Å². The van der Waals surface area contributed by atoms with Gasteiger partial charge in [0.15, 0.2) is 5.96 Å². The molecule has 1 fully saturated rings. The maximum Gasteiger partial charge on any atom is 0.251 e. The molecule has 0 unspecified atom stereocenters. The average Bonchev–Trinajstić information content (AvgIpc) is 3.06. The number of rotatable bonds is 9. The molecule has 0 spiro atoms. The molecule has 3 N–H and O–H groups in total. The number of hydrogen-bond donors (Lipinski definition) is 3. The van der Waals surface area contributed by atoms with E-state index in [0.717, 1.165) is 42.9 Å². The summed E-state index contributed by atoms with van der Waals surface area (Å²) in [5.41, 5.74) is 0.626. The second-order valence-corrected chi connectivity index (χ2v) is 7.21. The van der Waals surface area contributed by atoms with Gasteiger partial charge in [-0.2, -0.15) is 0 Å². The van der Waals surface area contributed by atoms with Crippen molar-refractivity contribution in [3.8, 4) is 0 Å². The molecule has 2 amide bonds. The van der Waals surface area contributed by atoms with Gasteiger partial charge in [-0.3, -0.25) is 14.6 Å². The number of amides is 2. The molecule has 7 nitrogen and oxygen atoms in total. The largest absolute Gasteiger partial charge is 0.357 e. The summed E-state index contributed by atoms with van der Waals surface area (Å²) in [6, 6.07) is 7.30. The fourth-order valence-corrected chi connectivity index (χ4v) is 3.22. The summed E-state index contributed by atoms with van der Waals surface area (Å²) in [6.07, 6.45) is 2.50. The summed E-state index contributed by atoms with van der Waals surface area (Å²) < 4.78 is 0.880. The molecule has 0 atom stereocenters. The van der Waals surface area contributed by atoms with E-state index in [2.05, 4.69) is 36.9 Å². The predicted molar refractivity (Wildman–Crippen MR) is 126 cm³/mol. The first-order valence-electron chi connectivity index (χ1n) is 9.44. The van der Waals surface area contributed by atoms with E-state index in [0.29, 0.717) is 31.6 Å². The van der Waals surface area contributed by atoms with Crippen molar-refractivity contribution in [2.45, 2.75) is 26.2 Å². The number of nitrogens with one attached hydrogen (secondary N) is 3. The molecule has 0 saturated carbocycles. The summed E-state index contributed by atoms with van der Waals surface area (Å²) >= 11 is 3.37. The highest BCUT2D eigenvalue weighted by molar-refractivity contribution is 14.0. The van der Waals surface area contributed by atoms with E-state index < -0.39 is 0 Å². The number of carbonyl (C=O) groups is 2. The van der Waals surface area contributed by atoms with Crippen molar-refractivity contribution in [3.05, 3.63) is 34.3 Å². The Kier molecular flexibility index (Phi) is 12.1. The highest BCUT2D eigenvalue weighted by atomic mass is 127. The van der Waals surface area contributed by atoms with Gasteiger partial charge in [0, 0.05) is 55.7 Å². The van der Waals surface area contributed by atoms with Crippen LogP contribution in [0.3, 0.4) is 0 Å². The molecule has 1 saturated heterocycles. The van der Waals surface area contributed by atoms with Crippen LogP contribution in [0.1, 0.15) is 36.5 Å². The lowest BCUT2D eigenvalue weighted by atomic mass is 10.2. The maximum atomic E-state index is 12.1. The number of guanidine groups is 1. The Morgan fingerprint density at radius 1 is 1.25 bits per heavy atom. The smallest absolute Gasteiger partial charge is 0.251 e. The van der Waals surface area contributed by atoms with E-state index in [1.54, 1.807) is 12.1 Å². The van der Waals surface area contributed by atoms with Crippen molar-refractivity contribution < 1.29 is 9.59 Å². The topological polar surface area (TPSA) is 85.8 Å². The van der Waals surface area contributed by atoms with E-state index in [4.69, 9.17) is 0 Å². The molecule has 1 aliphatic heterocycles. The fraction of sp³-hybridized carbons (Fsp3) is 0.526. The molecule has 0 aromatic heterocycles. The van der Waals surface area contributed by atoms with Gasteiger partial charge in [-0.15, -0.1) is 24.0 Å². The molecule has 0 aliphatic carbocycles. The number of hydrogen-bond acceptors (Lipinski definition) is 3. The third-order valence-electron chi connectivity index (χ3n) is 4.16. The fourth-order valence-electron chi connectivity index (χ4n) is 2.82. The van der Waals surface area contributed by atoms with Crippen LogP contribution < -0.4 is 16.0 Å². The van der Waals surface area contributed by atoms with E-state index in [9.17, 15) is 9.59 Å². The van der Waals surface area contributed by atoms with Crippen LogP contribution in [0, 0.1) is 0 Å². The summed E-state index contributed by atoms with van der Waals surface area (Å²) in [4.78, 5) is 30.1. The highest BCUT2D eigenvalue weighted by Gasteiger charge is 2.18. The van der Waals surface area contributed by atoms with Crippen LogP contribution in [0.15, 0.2) is 33.7 Å². The first-order valence-corrected chi connectivity index (χ1v) is 10.2. The number of nitrogens with zero attached hydrogens (tertiary/aromatic N) is 2. The number of likely N-dealkylation sites (tertiary alicyclic amines) is 1. The Hall–Kier alpha value is -1.36. The van der Waals surface area contributed by atoms with Crippen molar-refractivity contribution in [1.29, 1.82) is 0 Å². The van der Waals surface area contributed by atoms with Crippen LogP contribution in [-0.2, 0) is 4.79 Å². The van der Waals surface area contributed by atoms with Crippen molar-refractivity contribution in [2.24, 2.45) is 4.99 Å². The highest BCUT2D eigenvalue weighted by Crippen LogP contribution is 2.11. The van der Waals surface area contributed by atoms with Gasteiger partial charge in [0.2, 0.25) is 5.91 Å². The first-order chi connectivity index (χ1) is 13.1. The molecule has 0 bridgehead atoms. The van der Waals surface area contributed by atoms with E-state index in [1.807, 2.05) is 24.0 Å². The van der Waals surface area contributed by atoms with Crippen molar-refractivity contribution in [3.63, 3.8) is 0 Å². The van der Waals surface area contributed by atoms with Gasteiger partial charge in [-0.25, -0.2) is 0 Å². The predicted octanol–water partition coefficient (Wildman–Crippen LogP) is 2.36. The van der Waals surface area contributed by atoms with Crippen LogP contribution >= 0.6 is 39.9 Å². The van der Waals surface area contributed by atoms with Gasteiger partial charge in [-0.05, 0) is 38.0 Å². The lowest BCUT2D eigenvalue weighted by Crippen LogP contribution is -2.41. The zero-order valence-corrected chi connectivity index (χ0v) is 20.1. The Morgan fingerprint density at radius 2 is 2.04 bits per heavy atom. The van der Waals surface area contributed by atoms with Gasteiger partial charge in [0.1, 0.15) is 0 Å². The number of aliphatic imine (C=N–C) groups is 1. The van der Waals surface area contributed by atoms with Gasteiger partial charge < -0.3 is 20.9 Å². The second-order valence-electron chi connectivity index (χ2n) is 6.29. The Labute approximate surface area is 192 Å². The second kappa shape index (κ2) is 13.8. The van der Waals surface area contributed by atoms with Crippen LogP contribution in [0.4, 0.5) is 0 Å². The monoisotopic (exact) mass is 565 g/mol. The molecule has 156 valence electrons. The third-order valence-corrected chi connectivity index (χ3v) is 4.65. The Bertz CT molecular complexity index is 671. The summed E-state index contributed by atoms with van der Waals surface area (Å²) in [5.74, 6) is 0.877. The zero-order chi connectivity index (χ0) is 19.5. The first kappa shape index (κ1) is 24.7. The molecular weight excluding hydrogens is 537 g/mol. The molecule has 0 radical (unpaired) electrons. The average molecular weight is 566 g/mol. The van der Waals surface area contributed by atoms with Crippen LogP contribution in [0.25, 0.3) is 0 Å². The lowest BCUT2D eigenvalue weighted by Gasteiger charge is -2.15. The number of halogens is 2. The van der Waals surface area contributed by atoms with Crippen molar-refractivity contribution >= 4 is 57.7 Å². The van der Waals surface area contributed by atoms with Gasteiger partial charge in [0.05, 0.1) is 0 Å². The molecular formula is C19H29BrIN5O2. The Morgan fingerprint density at radius 3 is 2.71 bits per heavy atom. The zero-order valence-electron chi connectivity index (χ0n) is 16.2. The van der Waals surface area contributed by atoms with Gasteiger partial charge >= 0.3 is 0 Å². The van der Waals surface area contributed by atoms with Gasteiger partial charge in [0.25, 0.3) is 5.91 Å². The minimum atomic E-state index is -0.102. The molecule has 1 aliphatic rings. The third kappa shape index (κ3) is 8.76. The van der Waals surface area contributed by atoms with Crippen molar-refractivity contribution in [2.75, 3.05) is 39.3 Å². The van der Waals surface area contributed by atoms with E-state index in [-0.39, 0.29) is 35.8 Å². The van der Waals surface area contributed by atoms with E-state index >= 15 is 0 Å². The summed E-state index contributed by atoms with van der Waals surface area (Å²) in [6.45, 7) is 6.15. The van der Waals surface area contributed by atoms with Crippen LogP contribution in [0.5, 0.6) is 0 Å². The molecule has 1 aromatic rings. The minimum absolute atomic E-state index is 0. The molecule has 2 rings (SSSR count). The van der Waals surface area contributed by atoms with Crippen LogP contribution in [-0.4, -0.2) is 61.9 Å². The molecule has 9 heteroatoms. The molecule has 1 aromatic carbocycles. The lowest BCUT2D eigenvalue weighted by molar-refractivity contribution is -0.127. The molecule has 28 heavy (non-hydrogen) atoms. The van der Waals surface area contributed by atoms with E-state index in [1.165, 1.54) is 0 Å². The van der Waals surface area contributed by atoms with Crippen molar-refractivity contribution in [1.82, 2.24) is 20.9 Å². The standard InChI is InChI=1S/C19H28BrN5O2.HI/c1-2-21-19(23-9-5-13-25-12-4-8-17(25)26)24-11-10-22-18(27)15-6-3-7-16(20)14-15;/h3,6-7,14H,2,4-5,8-13H2,1H3,(H,22,27)(H2,21,23,24);1H.